The predicted molar refractivity (Wildman–Crippen MR) is 73.1 cm³/mol. The summed E-state index contributed by atoms with van der Waals surface area (Å²) in [5.74, 6) is 0.977. The molecule has 0 spiro atoms. The van der Waals surface area contributed by atoms with Crippen molar-refractivity contribution in [3.05, 3.63) is 30.4 Å². The van der Waals surface area contributed by atoms with Gasteiger partial charge < -0.3 is 0 Å². The lowest BCUT2D eigenvalue weighted by Crippen LogP contribution is -1.97. The molecule has 0 aromatic carbocycles. The van der Waals surface area contributed by atoms with Crippen LogP contribution in [0.25, 0.3) is 0 Å². The second kappa shape index (κ2) is 11.7. The molecule has 0 unspecified atom stereocenters. The first-order chi connectivity index (χ1) is 7.79. The molecule has 1 aromatic heterocycles. The van der Waals surface area contributed by atoms with E-state index in [-0.39, 0.29) is 0 Å². The minimum absolute atomic E-state index is 0.891. The summed E-state index contributed by atoms with van der Waals surface area (Å²) in [6.45, 7) is 15.6. The Bertz CT molecular complexity index is 298. The van der Waals surface area contributed by atoms with Crippen LogP contribution in [0, 0.1) is 6.92 Å². The number of aromatic nitrogens is 2. The smallest absolute Gasteiger partial charge is 0.129 e. The monoisotopic (exact) mass is 223 g/mol. The van der Waals surface area contributed by atoms with Crippen LogP contribution < -0.4 is 0 Å². The maximum atomic E-state index is 4.20. The number of hydrogen-bond donors (Lipinski definition) is 0. The Morgan fingerprint density at radius 1 is 1.38 bits per heavy atom. The van der Waals surface area contributed by atoms with Gasteiger partial charge in [-0.3, -0.25) is 0 Å². The van der Waals surface area contributed by atoms with E-state index in [4.69, 9.17) is 0 Å². The maximum absolute atomic E-state index is 4.20. The van der Waals surface area contributed by atoms with E-state index in [0.717, 1.165) is 17.9 Å². The number of imidazole rings is 1. The first-order valence-electron chi connectivity index (χ1n) is 5.98. The van der Waals surface area contributed by atoms with Crippen molar-refractivity contribution in [2.75, 3.05) is 0 Å². The van der Waals surface area contributed by atoms with Gasteiger partial charge in [0.25, 0.3) is 0 Å². The molecule has 16 heavy (non-hydrogen) atoms. The zero-order valence-corrected chi connectivity index (χ0v) is 11.5. The fraction of sp³-hybridized carbons (Fsp3) is 0.538. The minimum atomic E-state index is 0.891. The third-order valence-corrected chi connectivity index (χ3v) is 1.58. The molecule has 0 aliphatic carbocycles. The zero-order valence-electron chi connectivity index (χ0n) is 11.5. The second-order valence-corrected chi connectivity index (χ2v) is 2.48. The number of nitrogens with zero attached hydrogens (tertiary/aromatic N) is 3. The molecule has 1 aromatic rings. The lowest BCUT2D eigenvalue weighted by Gasteiger charge is -1.99. The van der Waals surface area contributed by atoms with Gasteiger partial charge in [0, 0.05) is 12.6 Å². The first-order valence-corrected chi connectivity index (χ1v) is 5.98. The lowest BCUT2D eigenvalue weighted by atomic mass is 10.5. The van der Waals surface area contributed by atoms with Crippen molar-refractivity contribution in [1.82, 2.24) is 9.66 Å². The van der Waals surface area contributed by atoms with Crippen LogP contribution in [0.3, 0.4) is 0 Å². The lowest BCUT2D eigenvalue weighted by molar-refractivity contribution is 0.767. The highest BCUT2D eigenvalue weighted by atomic mass is 15.4. The molecule has 92 valence electrons. The standard InChI is InChI=1S/C9H13N3.2C2H6/c1-4-6-11-12-8(3)7-10-9(12)5-2;2*1-2/h4,6-7H,1,5H2,2-3H3;2*1-2H3/b11-6-;;. The molecule has 3 heteroatoms. The molecular formula is C13H25N3. The maximum Gasteiger partial charge on any atom is 0.129 e. The van der Waals surface area contributed by atoms with Gasteiger partial charge in [0.2, 0.25) is 0 Å². The van der Waals surface area contributed by atoms with Gasteiger partial charge in [-0.25, -0.2) is 9.66 Å². The van der Waals surface area contributed by atoms with Gasteiger partial charge in [-0.2, -0.15) is 5.10 Å². The van der Waals surface area contributed by atoms with Crippen LogP contribution >= 0.6 is 0 Å². The Labute approximate surface area is 99.9 Å². The third kappa shape index (κ3) is 5.49. The number of rotatable bonds is 3. The van der Waals surface area contributed by atoms with Crippen LogP contribution in [0.1, 0.15) is 46.1 Å². The number of hydrogen-bond acceptors (Lipinski definition) is 2. The van der Waals surface area contributed by atoms with Crippen LogP contribution in [-0.2, 0) is 6.42 Å². The average molecular weight is 223 g/mol. The van der Waals surface area contributed by atoms with Crippen molar-refractivity contribution in [3.8, 4) is 0 Å². The molecule has 0 saturated heterocycles. The minimum Gasteiger partial charge on any atom is -0.239 e. The Morgan fingerprint density at radius 3 is 2.38 bits per heavy atom. The summed E-state index contributed by atoms with van der Waals surface area (Å²) >= 11 is 0. The molecule has 1 rings (SSSR count). The van der Waals surface area contributed by atoms with Crippen LogP contribution in [0.4, 0.5) is 0 Å². The van der Waals surface area contributed by atoms with Crippen molar-refractivity contribution in [3.63, 3.8) is 0 Å². The highest BCUT2D eigenvalue weighted by molar-refractivity contribution is 5.69. The summed E-state index contributed by atoms with van der Waals surface area (Å²) in [5.41, 5.74) is 1.05. The first kappa shape index (κ1) is 17.0. The quantitative estimate of drug-likeness (QED) is 0.716. The topological polar surface area (TPSA) is 30.2 Å². The zero-order chi connectivity index (χ0) is 13.0. The van der Waals surface area contributed by atoms with E-state index < -0.39 is 0 Å². The second-order valence-electron chi connectivity index (χ2n) is 2.48. The summed E-state index contributed by atoms with van der Waals surface area (Å²) in [6.07, 6.45) is 6.02. The SMILES string of the molecule is C=C/C=N\n1c(C)cnc1CC.CC.CC. The van der Waals surface area contributed by atoms with E-state index in [2.05, 4.69) is 23.6 Å². The Hall–Kier alpha value is -1.38. The van der Waals surface area contributed by atoms with Crippen LogP contribution in [0.5, 0.6) is 0 Å². The summed E-state index contributed by atoms with van der Waals surface area (Å²) in [5, 5.41) is 4.17. The fourth-order valence-electron chi connectivity index (χ4n) is 0.993. The molecule has 0 N–H and O–H groups in total. The van der Waals surface area contributed by atoms with Crippen LogP contribution in [0.15, 0.2) is 24.0 Å². The molecule has 3 nitrogen and oxygen atoms in total. The molecule has 0 saturated carbocycles. The van der Waals surface area contributed by atoms with Crippen molar-refractivity contribution in [2.45, 2.75) is 48.0 Å². The van der Waals surface area contributed by atoms with Gasteiger partial charge in [-0.15, -0.1) is 0 Å². The summed E-state index contributed by atoms with van der Waals surface area (Å²) < 4.78 is 1.82. The van der Waals surface area contributed by atoms with E-state index in [1.807, 2.05) is 45.5 Å². The van der Waals surface area contributed by atoms with E-state index in [1.54, 1.807) is 12.3 Å². The largest absolute Gasteiger partial charge is 0.239 e. The van der Waals surface area contributed by atoms with Gasteiger partial charge in [-0.05, 0) is 13.0 Å². The Morgan fingerprint density at radius 2 is 1.94 bits per heavy atom. The van der Waals surface area contributed by atoms with Crippen molar-refractivity contribution in [2.24, 2.45) is 5.10 Å². The highest BCUT2D eigenvalue weighted by Gasteiger charge is 2.01. The van der Waals surface area contributed by atoms with E-state index in [1.165, 1.54) is 0 Å². The van der Waals surface area contributed by atoms with E-state index in [0.29, 0.717) is 0 Å². The van der Waals surface area contributed by atoms with Crippen LogP contribution in [-0.4, -0.2) is 15.9 Å². The van der Waals surface area contributed by atoms with Gasteiger partial charge in [0.1, 0.15) is 5.82 Å². The molecule has 0 radical (unpaired) electrons. The molecule has 0 bridgehead atoms. The average Bonchev–Trinajstić information content (AvgIpc) is 2.72. The Balaban J connectivity index is 0. The number of aryl methyl sites for hydroxylation is 2. The molecule has 0 aliphatic rings. The summed E-state index contributed by atoms with van der Waals surface area (Å²) in [4.78, 5) is 4.20. The van der Waals surface area contributed by atoms with Gasteiger partial charge in [0.15, 0.2) is 0 Å². The summed E-state index contributed by atoms with van der Waals surface area (Å²) in [7, 11) is 0. The van der Waals surface area contributed by atoms with Gasteiger partial charge in [0.05, 0.1) is 11.9 Å². The Kier molecular flexibility index (Phi) is 12.4. The van der Waals surface area contributed by atoms with Gasteiger partial charge in [-0.1, -0.05) is 41.2 Å². The molecule has 1 heterocycles. The predicted octanol–water partition coefficient (Wildman–Crippen LogP) is 3.83. The highest BCUT2D eigenvalue weighted by Crippen LogP contribution is 2.03. The van der Waals surface area contributed by atoms with Crippen LogP contribution in [0.2, 0.25) is 0 Å². The molecule has 0 fully saturated rings. The molecule has 0 amide bonds. The fourth-order valence-corrected chi connectivity index (χ4v) is 0.993. The van der Waals surface area contributed by atoms with E-state index >= 15 is 0 Å². The molecular weight excluding hydrogens is 198 g/mol. The number of allylic oxidation sites excluding steroid dienone is 1. The van der Waals surface area contributed by atoms with E-state index in [9.17, 15) is 0 Å². The molecule has 0 aliphatic heterocycles. The van der Waals surface area contributed by atoms with Crippen molar-refractivity contribution >= 4 is 6.21 Å². The normalized spacial score (nSPS) is 8.88. The van der Waals surface area contributed by atoms with Crippen molar-refractivity contribution < 1.29 is 0 Å². The van der Waals surface area contributed by atoms with Crippen molar-refractivity contribution in [1.29, 1.82) is 0 Å². The molecule has 0 atom stereocenters. The summed E-state index contributed by atoms with van der Waals surface area (Å²) in [6, 6.07) is 0. The third-order valence-electron chi connectivity index (χ3n) is 1.58. The van der Waals surface area contributed by atoms with Gasteiger partial charge >= 0.3 is 0 Å².